The van der Waals surface area contributed by atoms with Crippen LogP contribution in [-0.2, 0) is 0 Å². The van der Waals surface area contributed by atoms with Crippen LogP contribution >= 0.6 is 0 Å². The number of rotatable bonds is 8. The van der Waals surface area contributed by atoms with E-state index in [1.54, 1.807) is 0 Å². The van der Waals surface area contributed by atoms with Gasteiger partial charge >= 0.3 is 0 Å². The minimum Gasteiger partial charge on any atom is -0.308 e. The van der Waals surface area contributed by atoms with Gasteiger partial charge in [0.25, 0.3) is 0 Å². The van der Waals surface area contributed by atoms with Gasteiger partial charge < -0.3 is 9.13 Å². The number of nitriles is 1. The highest BCUT2D eigenvalue weighted by molar-refractivity contribution is 6.13. The van der Waals surface area contributed by atoms with Crippen LogP contribution < -0.4 is 0 Å². The summed E-state index contributed by atoms with van der Waals surface area (Å²) in [5, 5.41) is 16.1. The quantitative estimate of drug-likeness (QED) is 0.153. The van der Waals surface area contributed by atoms with E-state index in [2.05, 4.69) is 264 Å². The molecule has 3 aromatic heterocycles. The molecule has 0 unspecified atom stereocenters. The summed E-state index contributed by atoms with van der Waals surface area (Å²) in [6.45, 7) is 0. The molecule has 0 atom stereocenters. The maximum atomic E-state index is 11.6. The molecule has 0 fully saturated rings. The van der Waals surface area contributed by atoms with Crippen LogP contribution in [0.3, 0.4) is 0 Å². The van der Waals surface area contributed by atoms with Gasteiger partial charge in [-0.05, 0) is 93.0 Å². The standard InChI is InChI=1S/C66H42N4/c67-43-53-41-66(70-64-39-51(46-21-10-3-11-22-46)31-35-56(64)57-36-32-52(40-65(57)70)47-23-12-4-13-24-47)58(60-28-16-27-59(68-60)48-25-14-5-15-26-48)42-61(53)69-62-37-49(44-17-6-1-7-18-44)29-33-54(62)55-34-30-50(38-63(55)69)45-19-8-2-9-20-45/h1-42H. The van der Waals surface area contributed by atoms with Crippen molar-refractivity contribution >= 4 is 43.6 Å². The van der Waals surface area contributed by atoms with Crippen LogP contribution in [0, 0.1) is 11.3 Å². The Balaban J connectivity index is 1.16. The second-order valence-corrected chi connectivity index (χ2v) is 17.8. The van der Waals surface area contributed by atoms with Gasteiger partial charge in [0, 0.05) is 32.7 Å². The summed E-state index contributed by atoms with van der Waals surface area (Å²) in [6.07, 6.45) is 0. The van der Waals surface area contributed by atoms with Crippen molar-refractivity contribution in [3.05, 3.63) is 260 Å². The van der Waals surface area contributed by atoms with Crippen molar-refractivity contribution < 1.29 is 0 Å². The molecule has 0 saturated heterocycles. The van der Waals surface area contributed by atoms with Gasteiger partial charge in [0.05, 0.1) is 50.4 Å². The molecule has 13 rings (SSSR count). The fourth-order valence-electron chi connectivity index (χ4n) is 10.4. The molecule has 0 N–H and O–H groups in total. The van der Waals surface area contributed by atoms with E-state index in [9.17, 15) is 5.26 Å². The highest BCUT2D eigenvalue weighted by Crippen LogP contribution is 2.44. The Bertz CT molecular complexity index is 3950. The fraction of sp³-hybridized carbons (Fsp3) is 0. The van der Waals surface area contributed by atoms with Crippen LogP contribution in [0.5, 0.6) is 0 Å². The molecule has 326 valence electrons. The van der Waals surface area contributed by atoms with Crippen molar-refractivity contribution in [2.24, 2.45) is 0 Å². The van der Waals surface area contributed by atoms with Gasteiger partial charge in [-0.2, -0.15) is 5.26 Å². The Morgan fingerprint density at radius 2 is 0.629 bits per heavy atom. The van der Waals surface area contributed by atoms with Gasteiger partial charge in [-0.3, -0.25) is 0 Å². The second-order valence-electron chi connectivity index (χ2n) is 17.8. The number of fused-ring (bicyclic) bond motifs is 6. The van der Waals surface area contributed by atoms with Crippen molar-refractivity contribution in [3.8, 4) is 84.5 Å². The smallest absolute Gasteiger partial charge is 0.101 e. The summed E-state index contributed by atoms with van der Waals surface area (Å²) in [6, 6.07) is 92.8. The molecule has 0 amide bonds. The summed E-state index contributed by atoms with van der Waals surface area (Å²) in [4.78, 5) is 5.48. The molecule has 4 heteroatoms. The maximum absolute atomic E-state index is 11.6. The van der Waals surface area contributed by atoms with Gasteiger partial charge in [-0.25, -0.2) is 4.98 Å². The first-order valence-electron chi connectivity index (χ1n) is 23.7. The molecule has 0 radical (unpaired) electrons. The lowest BCUT2D eigenvalue weighted by Crippen LogP contribution is -2.05. The number of benzene rings is 10. The van der Waals surface area contributed by atoms with E-state index >= 15 is 0 Å². The predicted molar refractivity (Wildman–Crippen MR) is 290 cm³/mol. The zero-order chi connectivity index (χ0) is 46.5. The summed E-state index contributed by atoms with van der Waals surface area (Å²) < 4.78 is 4.68. The van der Waals surface area contributed by atoms with Crippen LogP contribution in [0.4, 0.5) is 0 Å². The molecule has 3 heterocycles. The van der Waals surface area contributed by atoms with Crippen LogP contribution in [0.25, 0.3) is 122 Å². The average molecular weight is 891 g/mol. The van der Waals surface area contributed by atoms with E-state index in [-0.39, 0.29) is 0 Å². The number of pyridine rings is 1. The SMILES string of the molecule is N#Cc1cc(-n2c3cc(-c4ccccc4)ccc3c3ccc(-c4ccccc4)cc32)c(-c2cccc(-c3ccccc3)n2)cc1-n1c2cc(-c3ccccc3)ccc2c2ccc(-c3ccccc3)cc21. The van der Waals surface area contributed by atoms with E-state index < -0.39 is 0 Å². The summed E-state index contributed by atoms with van der Waals surface area (Å²) in [7, 11) is 0. The van der Waals surface area contributed by atoms with E-state index in [4.69, 9.17) is 4.98 Å². The minimum atomic E-state index is 0.542. The van der Waals surface area contributed by atoms with Gasteiger partial charge in [0.1, 0.15) is 6.07 Å². The molecule has 0 spiro atoms. The molecule has 4 nitrogen and oxygen atoms in total. The molecular formula is C66H42N4. The minimum absolute atomic E-state index is 0.542. The monoisotopic (exact) mass is 890 g/mol. The zero-order valence-electron chi connectivity index (χ0n) is 38.0. The van der Waals surface area contributed by atoms with Crippen LogP contribution in [0.15, 0.2) is 255 Å². The lowest BCUT2D eigenvalue weighted by Gasteiger charge is -2.19. The molecule has 0 aliphatic carbocycles. The fourth-order valence-corrected chi connectivity index (χ4v) is 10.4. The molecule has 0 bridgehead atoms. The Hall–Kier alpha value is -9.56. The maximum Gasteiger partial charge on any atom is 0.101 e. The Morgan fingerprint density at radius 3 is 1.00 bits per heavy atom. The van der Waals surface area contributed by atoms with Crippen molar-refractivity contribution in [2.45, 2.75) is 0 Å². The molecule has 70 heavy (non-hydrogen) atoms. The summed E-state index contributed by atoms with van der Waals surface area (Å²) in [5.41, 5.74) is 18.8. The lowest BCUT2D eigenvalue weighted by molar-refractivity contribution is 1.13. The first-order chi connectivity index (χ1) is 34.7. The van der Waals surface area contributed by atoms with Crippen molar-refractivity contribution in [3.63, 3.8) is 0 Å². The van der Waals surface area contributed by atoms with Crippen molar-refractivity contribution in [1.29, 1.82) is 5.26 Å². The molecule has 0 aliphatic rings. The Labute approximate surface area is 405 Å². The van der Waals surface area contributed by atoms with E-state index in [0.717, 1.165) is 122 Å². The van der Waals surface area contributed by atoms with Crippen LogP contribution in [0.1, 0.15) is 5.56 Å². The first kappa shape index (κ1) is 40.7. The zero-order valence-corrected chi connectivity index (χ0v) is 38.0. The molecule has 13 aromatic rings. The molecule has 0 aliphatic heterocycles. The third-order valence-corrected chi connectivity index (χ3v) is 13.8. The Kier molecular flexibility index (Phi) is 9.85. The number of hydrogen-bond donors (Lipinski definition) is 0. The van der Waals surface area contributed by atoms with Gasteiger partial charge in [-0.1, -0.05) is 206 Å². The van der Waals surface area contributed by atoms with Gasteiger partial charge in [0.15, 0.2) is 0 Å². The van der Waals surface area contributed by atoms with E-state index in [1.807, 2.05) is 6.07 Å². The highest BCUT2D eigenvalue weighted by Gasteiger charge is 2.24. The second kappa shape index (κ2) is 16.9. The van der Waals surface area contributed by atoms with Crippen LogP contribution in [0.2, 0.25) is 0 Å². The highest BCUT2D eigenvalue weighted by atomic mass is 15.0. The Morgan fingerprint density at radius 1 is 0.286 bits per heavy atom. The van der Waals surface area contributed by atoms with E-state index in [0.29, 0.717) is 5.56 Å². The summed E-state index contributed by atoms with van der Waals surface area (Å²) in [5.74, 6) is 0. The van der Waals surface area contributed by atoms with Crippen molar-refractivity contribution in [1.82, 2.24) is 14.1 Å². The molecular weight excluding hydrogens is 849 g/mol. The number of nitrogens with zero attached hydrogens (tertiary/aromatic N) is 4. The third-order valence-electron chi connectivity index (χ3n) is 13.8. The lowest BCUT2D eigenvalue weighted by atomic mass is 10.0. The average Bonchev–Trinajstić information content (AvgIpc) is 3.95. The summed E-state index contributed by atoms with van der Waals surface area (Å²) >= 11 is 0. The van der Waals surface area contributed by atoms with Crippen molar-refractivity contribution in [2.75, 3.05) is 0 Å². The topological polar surface area (TPSA) is 46.5 Å². The van der Waals surface area contributed by atoms with Crippen LogP contribution in [-0.4, -0.2) is 14.1 Å². The predicted octanol–water partition coefficient (Wildman–Crippen LogP) is 17.1. The van der Waals surface area contributed by atoms with E-state index in [1.165, 1.54) is 0 Å². The normalized spacial score (nSPS) is 11.4. The number of aromatic nitrogens is 3. The van der Waals surface area contributed by atoms with Gasteiger partial charge in [0.2, 0.25) is 0 Å². The molecule has 0 saturated carbocycles. The third kappa shape index (κ3) is 6.96. The largest absolute Gasteiger partial charge is 0.308 e. The number of hydrogen-bond acceptors (Lipinski definition) is 2. The molecule has 10 aromatic carbocycles. The van der Waals surface area contributed by atoms with Gasteiger partial charge in [-0.15, -0.1) is 0 Å². The first-order valence-corrected chi connectivity index (χ1v) is 23.7.